The zero-order valence-electron chi connectivity index (χ0n) is 18.5. The number of carbonyl (C=O) groups is 1. The number of rotatable bonds is 9. The van der Waals surface area contributed by atoms with E-state index in [0.29, 0.717) is 35.2 Å². The maximum Gasteiger partial charge on any atom is 0.274 e. The summed E-state index contributed by atoms with van der Waals surface area (Å²) in [6.45, 7) is 4.65. The summed E-state index contributed by atoms with van der Waals surface area (Å²) in [4.78, 5) is 34.6. The van der Waals surface area contributed by atoms with Gasteiger partial charge in [-0.3, -0.25) is 14.3 Å². The van der Waals surface area contributed by atoms with Crippen LogP contribution < -0.4 is 15.6 Å². The molecule has 2 heterocycles. The van der Waals surface area contributed by atoms with Crippen LogP contribution in [0.3, 0.4) is 0 Å². The van der Waals surface area contributed by atoms with Crippen molar-refractivity contribution in [1.29, 1.82) is 0 Å². The lowest BCUT2D eigenvalue weighted by Crippen LogP contribution is -2.21. The van der Waals surface area contributed by atoms with E-state index >= 15 is 0 Å². The van der Waals surface area contributed by atoms with Crippen molar-refractivity contribution in [2.75, 3.05) is 11.9 Å². The van der Waals surface area contributed by atoms with Crippen LogP contribution in [0, 0.1) is 6.92 Å². The Morgan fingerprint density at radius 2 is 1.94 bits per heavy atom. The van der Waals surface area contributed by atoms with Gasteiger partial charge in [0, 0.05) is 23.3 Å². The SMILES string of the molecule is CCCn1cnc2nc(CSc3ccccc3NC(=O)COc3ccc(C)cc3)cc(=O)n21. The summed E-state index contributed by atoms with van der Waals surface area (Å²) in [6, 6.07) is 16.6. The summed E-state index contributed by atoms with van der Waals surface area (Å²) in [5, 5.41) is 2.90. The van der Waals surface area contributed by atoms with Gasteiger partial charge in [0.1, 0.15) is 12.1 Å². The van der Waals surface area contributed by atoms with Crippen molar-refractivity contribution in [3.05, 3.63) is 82.5 Å². The molecule has 4 rings (SSSR count). The van der Waals surface area contributed by atoms with Crippen molar-refractivity contribution in [2.24, 2.45) is 0 Å². The van der Waals surface area contributed by atoms with E-state index in [1.54, 1.807) is 11.0 Å². The molecule has 0 saturated heterocycles. The van der Waals surface area contributed by atoms with E-state index in [1.165, 1.54) is 22.3 Å². The van der Waals surface area contributed by atoms with Gasteiger partial charge in [-0.15, -0.1) is 11.8 Å². The van der Waals surface area contributed by atoms with Crippen molar-refractivity contribution >= 4 is 29.1 Å². The Morgan fingerprint density at radius 1 is 1.15 bits per heavy atom. The largest absolute Gasteiger partial charge is 0.484 e. The van der Waals surface area contributed by atoms with Gasteiger partial charge in [0.2, 0.25) is 0 Å². The lowest BCUT2D eigenvalue weighted by molar-refractivity contribution is -0.118. The topological polar surface area (TPSA) is 90.5 Å². The Bertz CT molecular complexity index is 1310. The van der Waals surface area contributed by atoms with Gasteiger partial charge in [-0.25, -0.2) is 4.98 Å². The van der Waals surface area contributed by atoms with Gasteiger partial charge in [-0.1, -0.05) is 36.8 Å². The van der Waals surface area contributed by atoms with Crippen molar-refractivity contribution in [3.63, 3.8) is 0 Å². The summed E-state index contributed by atoms with van der Waals surface area (Å²) >= 11 is 1.49. The molecule has 9 heteroatoms. The lowest BCUT2D eigenvalue weighted by Gasteiger charge is -2.11. The average Bonchev–Trinajstić information content (AvgIpc) is 3.22. The van der Waals surface area contributed by atoms with E-state index in [0.717, 1.165) is 16.9 Å². The molecule has 1 amide bonds. The molecule has 0 aliphatic rings. The fourth-order valence-electron chi connectivity index (χ4n) is 3.28. The molecule has 0 aliphatic carbocycles. The van der Waals surface area contributed by atoms with E-state index in [4.69, 9.17) is 4.74 Å². The van der Waals surface area contributed by atoms with Crippen LogP contribution in [-0.2, 0) is 17.1 Å². The smallest absolute Gasteiger partial charge is 0.274 e. The van der Waals surface area contributed by atoms with Crippen molar-refractivity contribution in [3.8, 4) is 5.75 Å². The van der Waals surface area contributed by atoms with Gasteiger partial charge in [0.25, 0.3) is 17.2 Å². The number of hydrogen-bond acceptors (Lipinski definition) is 6. The second-order valence-electron chi connectivity index (χ2n) is 7.54. The number of ether oxygens (including phenoxy) is 1. The molecule has 2 aromatic carbocycles. The molecule has 0 atom stereocenters. The molecule has 0 radical (unpaired) electrons. The van der Waals surface area contributed by atoms with Gasteiger partial charge < -0.3 is 10.1 Å². The van der Waals surface area contributed by atoms with E-state index < -0.39 is 0 Å². The molecule has 8 nitrogen and oxygen atoms in total. The molecular weight excluding hydrogens is 438 g/mol. The van der Waals surface area contributed by atoms with E-state index in [2.05, 4.69) is 15.3 Å². The van der Waals surface area contributed by atoms with Crippen LogP contribution in [0.2, 0.25) is 0 Å². The van der Waals surface area contributed by atoms with Crippen LogP contribution in [0.1, 0.15) is 24.6 Å². The molecule has 33 heavy (non-hydrogen) atoms. The molecule has 4 aromatic rings. The first-order valence-corrected chi connectivity index (χ1v) is 11.7. The summed E-state index contributed by atoms with van der Waals surface area (Å²) < 4.78 is 8.82. The number of carbonyl (C=O) groups excluding carboxylic acids is 1. The number of anilines is 1. The molecule has 0 unspecified atom stereocenters. The number of amides is 1. The zero-order chi connectivity index (χ0) is 23.2. The van der Waals surface area contributed by atoms with Crippen molar-refractivity contribution in [1.82, 2.24) is 19.2 Å². The quantitative estimate of drug-likeness (QED) is 0.379. The van der Waals surface area contributed by atoms with Crippen LogP contribution in [0.25, 0.3) is 5.78 Å². The molecular formula is C24H25N5O3S. The highest BCUT2D eigenvalue weighted by molar-refractivity contribution is 7.98. The first-order valence-electron chi connectivity index (χ1n) is 10.7. The minimum atomic E-state index is -0.247. The predicted octanol–water partition coefficient (Wildman–Crippen LogP) is 3.92. The second kappa shape index (κ2) is 10.4. The number of aryl methyl sites for hydroxylation is 2. The number of aromatic nitrogens is 4. The van der Waals surface area contributed by atoms with Crippen LogP contribution in [-0.4, -0.2) is 31.7 Å². The summed E-state index contributed by atoms with van der Waals surface area (Å²) in [7, 11) is 0. The van der Waals surface area contributed by atoms with Gasteiger partial charge in [0.05, 0.1) is 11.4 Å². The summed E-state index contributed by atoms with van der Waals surface area (Å²) in [5.41, 5.74) is 2.29. The molecule has 2 aromatic heterocycles. The van der Waals surface area contributed by atoms with Crippen LogP contribution in [0.4, 0.5) is 5.69 Å². The van der Waals surface area contributed by atoms with Crippen molar-refractivity contribution in [2.45, 2.75) is 37.5 Å². The molecule has 0 fully saturated rings. The molecule has 0 aliphatic heterocycles. The summed E-state index contributed by atoms with van der Waals surface area (Å²) in [6.07, 6.45) is 2.53. The number of hydrogen-bond donors (Lipinski definition) is 1. The van der Waals surface area contributed by atoms with Crippen LogP contribution in [0.15, 0.2) is 70.6 Å². The third kappa shape index (κ3) is 5.61. The third-order valence-corrected chi connectivity index (χ3v) is 5.98. The standard InChI is InChI=1S/C24H25N5O3S/c1-3-12-28-16-25-24-26-18(13-23(31)29(24)28)15-33-21-7-5-4-6-20(21)27-22(30)14-32-19-10-8-17(2)9-11-19/h4-11,13,16H,3,12,14-15H2,1-2H3,(H,27,30). The van der Waals surface area contributed by atoms with Gasteiger partial charge >= 0.3 is 0 Å². The van der Waals surface area contributed by atoms with Crippen LogP contribution in [0.5, 0.6) is 5.75 Å². The average molecular weight is 464 g/mol. The second-order valence-corrected chi connectivity index (χ2v) is 8.56. The highest BCUT2D eigenvalue weighted by Crippen LogP contribution is 2.29. The molecule has 0 saturated carbocycles. The number of nitrogens with one attached hydrogen (secondary N) is 1. The maximum atomic E-state index is 12.6. The summed E-state index contributed by atoms with van der Waals surface area (Å²) in [5.74, 6) is 1.26. The Hall–Kier alpha value is -3.59. The fourth-order valence-corrected chi connectivity index (χ4v) is 4.18. The highest BCUT2D eigenvalue weighted by atomic mass is 32.2. The number of thioether (sulfide) groups is 1. The number of fused-ring (bicyclic) bond motifs is 1. The monoisotopic (exact) mass is 463 g/mol. The normalized spacial score (nSPS) is 11.0. The maximum absolute atomic E-state index is 12.6. The zero-order valence-corrected chi connectivity index (χ0v) is 19.3. The first-order chi connectivity index (χ1) is 16.0. The molecule has 170 valence electrons. The number of benzene rings is 2. The number of nitrogens with zero attached hydrogens (tertiary/aromatic N) is 4. The fraction of sp³-hybridized carbons (Fsp3) is 0.250. The minimum absolute atomic E-state index is 0.0858. The van der Waals surface area contributed by atoms with Crippen molar-refractivity contribution < 1.29 is 9.53 Å². The first kappa shape index (κ1) is 22.6. The Labute approximate surface area is 195 Å². The lowest BCUT2D eigenvalue weighted by atomic mass is 10.2. The Kier molecular flexibility index (Phi) is 7.09. The van der Waals surface area contributed by atoms with Gasteiger partial charge in [-0.2, -0.15) is 9.50 Å². The predicted molar refractivity (Wildman–Crippen MR) is 129 cm³/mol. The van der Waals surface area contributed by atoms with Crippen LogP contribution >= 0.6 is 11.8 Å². The molecule has 0 bridgehead atoms. The van der Waals surface area contributed by atoms with E-state index in [1.807, 2.05) is 62.4 Å². The molecule has 0 spiro atoms. The van der Waals surface area contributed by atoms with E-state index in [9.17, 15) is 9.59 Å². The van der Waals surface area contributed by atoms with Gasteiger partial charge in [0.15, 0.2) is 6.61 Å². The highest BCUT2D eigenvalue weighted by Gasteiger charge is 2.11. The molecule has 1 N–H and O–H groups in total. The Balaban J connectivity index is 1.41. The Morgan fingerprint density at radius 3 is 2.73 bits per heavy atom. The van der Waals surface area contributed by atoms with E-state index in [-0.39, 0.29) is 18.1 Å². The number of para-hydroxylation sites is 1. The third-order valence-electron chi connectivity index (χ3n) is 4.88. The minimum Gasteiger partial charge on any atom is -0.484 e. The van der Waals surface area contributed by atoms with Gasteiger partial charge in [-0.05, 0) is 37.6 Å².